The number of halogens is 1. The number of nitrogens with zero attached hydrogens (tertiary/aromatic N) is 2. The molecule has 2 aromatic carbocycles. The van der Waals surface area contributed by atoms with E-state index in [-0.39, 0.29) is 35.3 Å². The van der Waals surface area contributed by atoms with E-state index in [4.69, 9.17) is 16.3 Å². The normalized spacial score (nSPS) is 16.5. The molecular weight excluding hydrogens is 458 g/mol. The molecule has 0 saturated carbocycles. The van der Waals surface area contributed by atoms with Gasteiger partial charge in [-0.1, -0.05) is 11.6 Å². The minimum absolute atomic E-state index is 0.0197. The lowest BCUT2D eigenvalue weighted by atomic mass is 10.1. The Balaban J connectivity index is 1.60. The number of anilines is 2. The van der Waals surface area contributed by atoms with Crippen molar-refractivity contribution in [1.82, 2.24) is 0 Å². The second kappa shape index (κ2) is 10.0. The molecule has 0 radical (unpaired) electrons. The molecule has 2 atom stereocenters. The van der Waals surface area contributed by atoms with Gasteiger partial charge in [-0.05, 0) is 43.5 Å². The molecule has 0 aromatic heterocycles. The number of carbonyl (C=O) groups excluding carboxylic acids is 3. The molecule has 9 nitrogen and oxygen atoms in total. The van der Waals surface area contributed by atoms with E-state index in [2.05, 4.69) is 5.32 Å². The number of thioether (sulfide) groups is 1. The number of nitro groups is 1. The first-order valence-electron chi connectivity index (χ1n) is 9.59. The third kappa shape index (κ3) is 5.38. The SMILES string of the molecule is CSc1ccc(N2CC(C(=O)OC(C)C(=O)Nc3cc([N+](=O)[O-])ccc3Cl)CC2=O)cc1. The van der Waals surface area contributed by atoms with Crippen LogP contribution in [0.2, 0.25) is 5.02 Å². The van der Waals surface area contributed by atoms with Crippen molar-refractivity contribution in [2.45, 2.75) is 24.3 Å². The fourth-order valence-electron chi connectivity index (χ4n) is 3.16. The van der Waals surface area contributed by atoms with Crippen LogP contribution in [0.5, 0.6) is 0 Å². The van der Waals surface area contributed by atoms with Gasteiger partial charge in [0.2, 0.25) is 5.91 Å². The van der Waals surface area contributed by atoms with Crippen LogP contribution in [-0.2, 0) is 19.1 Å². The molecule has 1 heterocycles. The highest BCUT2D eigenvalue weighted by molar-refractivity contribution is 7.98. The Morgan fingerprint density at radius 1 is 1.28 bits per heavy atom. The second-order valence-electron chi connectivity index (χ2n) is 7.09. The number of amides is 2. The van der Waals surface area contributed by atoms with Gasteiger partial charge in [-0.15, -0.1) is 11.8 Å². The van der Waals surface area contributed by atoms with E-state index >= 15 is 0 Å². The third-order valence-corrected chi connectivity index (χ3v) is 6.00. The fraction of sp³-hybridized carbons (Fsp3) is 0.286. The van der Waals surface area contributed by atoms with Crippen molar-refractivity contribution in [1.29, 1.82) is 0 Å². The molecule has 1 saturated heterocycles. The van der Waals surface area contributed by atoms with Gasteiger partial charge >= 0.3 is 5.97 Å². The van der Waals surface area contributed by atoms with E-state index in [0.29, 0.717) is 5.69 Å². The molecule has 2 unspecified atom stereocenters. The molecule has 3 rings (SSSR count). The number of non-ortho nitro benzene ring substituents is 1. The summed E-state index contributed by atoms with van der Waals surface area (Å²) in [6.07, 6.45) is 0.739. The summed E-state index contributed by atoms with van der Waals surface area (Å²) in [7, 11) is 0. The average Bonchev–Trinajstić information content (AvgIpc) is 3.16. The first-order chi connectivity index (χ1) is 15.2. The van der Waals surface area contributed by atoms with E-state index < -0.39 is 28.8 Å². The fourth-order valence-corrected chi connectivity index (χ4v) is 3.73. The van der Waals surface area contributed by atoms with Gasteiger partial charge < -0.3 is 15.0 Å². The number of nitrogens with one attached hydrogen (secondary N) is 1. The maximum absolute atomic E-state index is 12.5. The second-order valence-corrected chi connectivity index (χ2v) is 8.38. The summed E-state index contributed by atoms with van der Waals surface area (Å²) in [5.74, 6) is -2.28. The van der Waals surface area contributed by atoms with Gasteiger partial charge in [0.15, 0.2) is 6.10 Å². The lowest BCUT2D eigenvalue weighted by molar-refractivity contribution is -0.384. The number of hydrogen-bond acceptors (Lipinski definition) is 7. The number of nitro benzene ring substituents is 1. The van der Waals surface area contributed by atoms with Gasteiger partial charge in [0.25, 0.3) is 11.6 Å². The molecule has 0 spiro atoms. The van der Waals surface area contributed by atoms with Crippen molar-refractivity contribution in [2.24, 2.45) is 5.92 Å². The van der Waals surface area contributed by atoms with Crippen LogP contribution in [0.3, 0.4) is 0 Å². The highest BCUT2D eigenvalue weighted by Crippen LogP contribution is 2.29. The number of carbonyl (C=O) groups is 3. The molecule has 1 N–H and O–H groups in total. The van der Waals surface area contributed by atoms with Crippen LogP contribution in [0, 0.1) is 16.0 Å². The first kappa shape index (κ1) is 23.6. The number of ether oxygens (including phenoxy) is 1. The van der Waals surface area contributed by atoms with Crippen molar-refractivity contribution in [3.05, 3.63) is 57.6 Å². The number of rotatable bonds is 7. The van der Waals surface area contributed by atoms with Gasteiger partial charge in [-0.3, -0.25) is 24.5 Å². The molecule has 1 aliphatic heterocycles. The van der Waals surface area contributed by atoms with E-state index in [1.165, 1.54) is 24.0 Å². The Morgan fingerprint density at radius 2 is 1.97 bits per heavy atom. The molecule has 1 aliphatic rings. The van der Waals surface area contributed by atoms with Crippen molar-refractivity contribution in [2.75, 3.05) is 23.0 Å². The Bertz CT molecular complexity index is 1060. The van der Waals surface area contributed by atoms with Crippen LogP contribution >= 0.6 is 23.4 Å². The molecule has 2 aromatic rings. The Kier molecular flexibility index (Phi) is 7.37. The highest BCUT2D eigenvalue weighted by atomic mass is 35.5. The van der Waals surface area contributed by atoms with Gasteiger partial charge in [-0.2, -0.15) is 0 Å². The largest absolute Gasteiger partial charge is 0.452 e. The topological polar surface area (TPSA) is 119 Å². The molecule has 32 heavy (non-hydrogen) atoms. The zero-order chi connectivity index (χ0) is 23.4. The molecular formula is C21H20ClN3O6S. The van der Waals surface area contributed by atoms with Crippen LogP contribution in [-0.4, -0.2) is 41.6 Å². The summed E-state index contributed by atoms with van der Waals surface area (Å²) < 4.78 is 5.24. The van der Waals surface area contributed by atoms with Gasteiger partial charge in [-0.25, -0.2) is 0 Å². The Hall–Kier alpha value is -3.11. The molecule has 0 bridgehead atoms. The summed E-state index contributed by atoms with van der Waals surface area (Å²) in [6, 6.07) is 11.0. The minimum atomic E-state index is -1.19. The molecule has 168 valence electrons. The van der Waals surface area contributed by atoms with Crippen LogP contribution in [0.1, 0.15) is 13.3 Å². The van der Waals surface area contributed by atoms with Crippen LogP contribution in [0.25, 0.3) is 0 Å². The van der Waals surface area contributed by atoms with Crippen molar-refractivity contribution in [3.63, 3.8) is 0 Å². The van der Waals surface area contributed by atoms with E-state index in [9.17, 15) is 24.5 Å². The van der Waals surface area contributed by atoms with E-state index in [0.717, 1.165) is 11.0 Å². The standard InChI is InChI=1S/C21H20ClN3O6S/c1-12(20(27)23-18-10-15(25(29)30)5-8-17(18)22)31-21(28)13-9-19(26)24(11-13)14-3-6-16(32-2)7-4-14/h3-8,10,12-13H,9,11H2,1-2H3,(H,23,27). The van der Waals surface area contributed by atoms with Gasteiger partial charge in [0.1, 0.15) is 0 Å². The smallest absolute Gasteiger partial charge is 0.312 e. The quantitative estimate of drug-likeness (QED) is 0.278. The minimum Gasteiger partial charge on any atom is -0.452 e. The predicted molar refractivity (Wildman–Crippen MR) is 121 cm³/mol. The lowest BCUT2D eigenvalue weighted by Crippen LogP contribution is -2.33. The van der Waals surface area contributed by atoms with E-state index in [1.807, 2.05) is 30.5 Å². The van der Waals surface area contributed by atoms with Crippen LogP contribution in [0.4, 0.5) is 17.1 Å². The number of benzene rings is 2. The zero-order valence-electron chi connectivity index (χ0n) is 17.2. The average molecular weight is 478 g/mol. The molecule has 1 fully saturated rings. The van der Waals surface area contributed by atoms with Gasteiger partial charge in [0.05, 0.1) is 21.6 Å². The Labute approximate surface area is 193 Å². The van der Waals surface area contributed by atoms with Crippen molar-refractivity contribution < 1.29 is 24.0 Å². The van der Waals surface area contributed by atoms with Crippen LogP contribution in [0.15, 0.2) is 47.4 Å². The third-order valence-electron chi connectivity index (χ3n) is 4.92. The van der Waals surface area contributed by atoms with Crippen molar-refractivity contribution >= 4 is 58.2 Å². The number of hydrogen-bond donors (Lipinski definition) is 1. The zero-order valence-corrected chi connectivity index (χ0v) is 18.8. The summed E-state index contributed by atoms with van der Waals surface area (Å²) in [4.78, 5) is 50.2. The first-order valence-corrected chi connectivity index (χ1v) is 11.2. The Morgan fingerprint density at radius 3 is 2.59 bits per heavy atom. The summed E-state index contributed by atoms with van der Waals surface area (Å²) in [5, 5.41) is 13.4. The summed E-state index contributed by atoms with van der Waals surface area (Å²) >= 11 is 7.56. The van der Waals surface area contributed by atoms with Crippen LogP contribution < -0.4 is 10.2 Å². The monoisotopic (exact) mass is 477 g/mol. The maximum Gasteiger partial charge on any atom is 0.312 e. The summed E-state index contributed by atoms with van der Waals surface area (Å²) in [6.45, 7) is 1.52. The lowest BCUT2D eigenvalue weighted by Gasteiger charge is -2.18. The molecule has 11 heteroatoms. The predicted octanol–water partition coefficient (Wildman–Crippen LogP) is 3.89. The molecule has 2 amide bonds. The van der Waals surface area contributed by atoms with E-state index in [1.54, 1.807) is 11.8 Å². The van der Waals surface area contributed by atoms with Gasteiger partial charge in [0, 0.05) is 35.7 Å². The number of esters is 1. The molecule has 0 aliphatic carbocycles. The highest BCUT2D eigenvalue weighted by Gasteiger charge is 2.37. The maximum atomic E-state index is 12.5. The van der Waals surface area contributed by atoms with Crippen molar-refractivity contribution in [3.8, 4) is 0 Å². The summed E-state index contributed by atoms with van der Waals surface area (Å²) in [5.41, 5.74) is 0.475.